The number of halogens is 1. The summed E-state index contributed by atoms with van der Waals surface area (Å²) in [4.78, 5) is 24.8. The van der Waals surface area contributed by atoms with Gasteiger partial charge in [0.05, 0.1) is 6.54 Å². The first kappa shape index (κ1) is 18.4. The minimum atomic E-state index is -0.318. The van der Waals surface area contributed by atoms with Crippen LogP contribution >= 0.6 is 23.4 Å². The van der Waals surface area contributed by atoms with E-state index in [0.29, 0.717) is 17.1 Å². The van der Waals surface area contributed by atoms with Crippen LogP contribution in [0.3, 0.4) is 0 Å². The van der Waals surface area contributed by atoms with Gasteiger partial charge in [-0.3, -0.25) is 9.59 Å². The van der Waals surface area contributed by atoms with E-state index in [1.54, 1.807) is 36.0 Å². The minimum absolute atomic E-state index is 0.0550. The Labute approximate surface area is 151 Å². The Kier molecular flexibility index (Phi) is 7.15. The highest BCUT2D eigenvalue weighted by atomic mass is 35.5. The maximum atomic E-state index is 11.9. The first-order chi connectivity index (χ1) is 11.5. The number of amides is 2. The fourth-order valence-electron chi connectivity index (χ4n) is 1.95. The molecule has 2 rings (SSSR count). The molecule has 0 unspecified atom stereocenters. The number of carbonyl (C=O) groups is 2. The third-order valence-corrected chi connectivity index (χ3v) is 4.46. The van der Waals surface area contributed by atoms with Crippen molar-refractivity contribution in [1.29, 1.82) is 0 Å². The highest BCUT2D eigenvalue weighted by Crippen LogP contribution is 2.17. The first-order valence-electron chi connectivity index (χ1n) is 7.54. The van der Waals surface area contributed by atoms with Gasteiger partial charge in [-0.15, -0.1) is 11.8 Å². The molecule has 2 aromatic rings. The number of hydrogen-bond donors (Lipinski definition) is 2. The maximum Gasteiger partial charge on any atom is 0.251 e. The number of nitrogens with one attached hydrogen (secondary N) is 2. The number of carbonyl (C=O) groups excluding carboxylic acids is 2. The van der Waals surface area contributed by atoms with E-state index >= 15 is 0 Å². The number of hydrogen-bond acceptors (Lipinski definition) is 3. The summed E-state index contributed by atoms with van der Waals surface area (Å²) in [7, 11) is 0. The van der Waals surface area contributed by atoms with Crippen molar-refractivity contribution in [1.82, 2.24) is 10.6 Å². The van der Waals surface area contributed by atoms with Crippen LogP contribution < -0.4 is 10.6 Å². The van der Waals surface area contributed by atoms with Gasteiger partial charge in [0, 0.05) is 27.8 Å². The van der Waals surface area contributed by atoms with E-state index in [1.165, 1.54) is 10.5 Å². The van der Waals surface area contributed by atoms with E-state index in [9.17, 15) is 9.59 Å². The van der Waals surface area contributed by atoms with Gasteiger partial charge in [-0.05, 0) is 37.3 Å². The summed E-state index contributed by atoms with van der Waals surface area (Å²) < 4.78 is 0. The average molecular weight is 363 g/mol. The van der Waals surface area contributed by atoms with Crippen LogP contribution in [-0.2, 0) is 4.79 Å². The van der Waals surface area contributed by atoms with Gasteiger partial charge in [0.2, 0.25) is 5.91 Å². The van der Waals surface area contributed by atoms with E-state index in [4.69, 9.17) is 11.6 Å². The molecule has 2 N–H and O–H groups in total. The molecule has 126 valence electrons. The van der Waals surface area contributed by atoms with Crippen LogP contribution in [0.4, 0.5) is 0 Å². The predicted molar refractivity (Wildman–Crippen MR) is 98.7 cm³/mol. The van der Waals surface area contributed by atoms with Crippen molar-refractivity contribution >= 4 is 35.2 Å². The van der Waals surface area contributed by atoms with E-state index in [-0.39, 0.29) is 18.4 Å². The molecule has 0 aliphatic heterocycles. The van der Waals surface area contributed by atoms with Crippen LogP contribution in [-0.4, -0.2) is 30.7 Å². The smallest absolute Gasteiger partial charge is 0.251 e. The molecule has 0 spiro atoms. The lowest BCUT2D eigenvalue weighted by molar-refractivity contribution is -0.120. The molecular formula is C18H19ClN2O2S. The van der Waals surface area contributed by atoms with Crippen molar-refractivity contribution in [2.45, 2.75) is 11.8 Å². The van der Waals surface area contributed by atoms with Crippen molar-refractivity contribution in [3.63, 3.8) is 0 Å². The van der Waals surface area contributed by atoms with Gasteiger partial charge in [0.15, 0.2) is 0 Å². The first-order valence-corrected chi connectivity index (χ1v) is 8.91. The zero-order valence-electron chi connectivity index (χ0n) is 13.3. The summed E-state index contributed by atoms with van der Waals surface area (Å²) in [5.41, 5.74) is 1.66. The monoisotopic (exact) mass is 362 g/mol. The Hall–Kier alpha value is -1.98. The number of benzene rings is 2. The Morgan fingerprint density at radius 2 is 1.83 bits per heavy atom. The van der Waals surface area contributed by atoms with Crippen molar-refractivity contribution in [3.8, 4) is 0 Å². The molecule has 0 saturated carbocycles. The molecule has 0 aliphatic carbocycles. The van der Waals surface area contributed by atoms with Crippen LogP contribution in [0.2, 0.25) is 5.02 Å². The minimum Gasteiger partial charge on any atom is -0.354 e. The summed E-state index contributed by atoms with van der Waals surface area (Å²) in [6, 6.07) is 14.8. The molecule has 0 heterocycles. The summed E-state index contributed by atoms with van der Waals surface area (Å²) in [5.74, 6) is 0.244. The molecule has 2 amide bonds. The van der Waals surface area contributed by atoms with Gasteiger partial charge in [-0.1, -0.05) is 35.4 Å². The Balaban J connectivity index is 1.64. The maximum absolute atomic E-state index is 11.9. The molecule has 0 aliphatic rings. The molecule has 6 heteroatoms. The third-order valence-electron chi connectivity index (χ3n) is 3.21. The lowest BCUT2D eigenvalue weighted by atomic mass is 10.2. The van der Waals surface area contributed by atoms with Gasteiger partial charge in [0.1, 0.15) is 0 Å². The zero-order chi connectivity index (χ0) is 17.4. The molecule has 24 heavy (non-hydrogen) atoms. The Morgan fingerprint density at radius 1 is 1.08 bits per heavy atom. The summed E-state index contributed by atoms with van der Waals surface area (Å²) in [6.45, 7) is 2.54. The Bertz CT molecular complexity index is 704. The van der Waals surface area contributed by atoms with Gasteiger partial charge in [-0.25, -0.2) is 0 Å². The second kappa shape index (κ2) is 9.35. The second-order valence-corrected chi connectivity index (χ2v) is 6.81. The fourth-order valence-corrected chi connectivity index (χ4v) is 2.91. The van der Waals surface area contributed by atoms with Crippen LogP contribution in [0.1, 0.15) is 15.9 Å². The lowest BCUT2D eigenvalue weighted by Gasteiger charge is -2.07. The molecule has 0 fully saturated rings. The molecule has 0 atom stereocenters. The van der Waals surface area contributed by atoms with E-state index in [0.717, 1.165) is 5.75 Å². The number of rotatable bonds is 7. The quantitative estimate of drug-likeness (QED) is 0.587. The molecule has 2 aromatic carbocycles. The van der Waals surface area contributed by atoms with Crippen LogP contribution in [0, 0.1) is 6.92 Å². The van der Waals surface area contributed by atoms with E-state index < -0.39 is 0 Å². The van der Waals surface area contributed by atoms with Gasteiger partial charge < -0.3 is 10.6 Å². The predicted octanol–water partition coefficient (Wildman–Crippen LogP) is 3.29. The number of thioether (sulfide) groups is 1. The summed E-state index contributed by atoms with van der Waals surface area (Å²) in [6.07, 6.45) is 0. The van der Waals surface area contributed by atoms with Crippen molar-refractivity contribution in [3.05, 3.63) is 64.7 Å². The molecule has 0 aromatic heterocycles. The third kappa shape index (κ3) is 6.26. The van der Waals surface area contributed by atoms with Crippen molar-refractivity contribution in [2.24, 2.45) is 0 Å². The topological polar surface area (TPSA) is 58.2 Å². The van der Waals surface area contributed by atoms with Gasteiger partial charge in [-0.2, -0.15) is 0 Å². The summed E-state index contributed by atoms with van der Waals surface area (Å²) >= 11 is 7.51. The molecule has 4 nitrogen and oxygen atoms in total. The second-order valence-electron chi connectivity index (χ2n) is 5.20. The lowest BCUT2D eigenvalue weighted by Crippen LogP contribution is -2.37. The van der Waals surface area contributed by atoms with E-state index in [1.807, 2.05) is 6.92 Å². The highest BCUT2D eigenvalue weighted by Gasteiger charge is 2.08. The number of aryl methyl sites for hydroxylation is 1. The Morgan fingerprint density at radius 3 is 2.54 bits per heavy atom. The van der Waals surface area contributed by atoms with Crippen LogP contribution in [0.25, 0.3) is 0 Å². The summed E-state index contributed by atoms with van der Waals surface area (Å²) in [5, 5.41) is 5.84. The molecular weight excluding hydrogens is 344 g/mol. The molecule has 0 radical (unpaired) electrons. The standard InChI is InChI=1S/C18H19ClN2O2S/c1-13-5-7-16(8-6-13)24-10-9-20-17(22)12-21-18(23)14-3-2-4-15(19)11-14/h2-8,11H,9-10,12H2,1H3,(H,20,22)(H,21,23). The van der Waals surface area contributed by atoms with Crippen molar-refractivity contribution in [2.75, 3.05) is 18.8 Å². The highest BCUT2D eigenvalue weighted by molar-refractivity contribution is 7.99. The SMILES string of the molecule is Cc1ccc(SCCNC(=O)CNC(=O)c2cccc(Cl)c2)cc1. The normalized spacial score (nSPS) is 10.2. The molecule has 0 bridgehead atoms. The fraction of sp³-hybridized carbons (Fsp3) is 0.222. The van der Waals surface area contributed by atoms with Gasteiger partial charge in [0.25, 0.3) is 5.91 Å². The largest absolute Gasteiger partial charge is 0.354 e. The van der Waals surface area contributed by atoms with Crippen LogP contribution in [0.5, 0.6) is 0 Å². The van der Waals surface area contributed by atoms with Crippen molar-refractivity contribution < 1.29 is 9.59 Å². The van der Waals surface area contributed by atoms with Gasteiger partial charge >= 0.3 is 0 Å². The van der Waals surface area contributed by atoms with E-state index in [2.05, 4.69) is 34.9 Å². The average Bonchev–Trinajstić information content (AvgIpc) is 2.58. The van der Waals surface area contributed by atoms with Crippen LogP contribution in [0.15, 0.2) is 53.4 Å². The molecule has 0 saturated heterocycles. The zero-order valence-corrected chi connectivity index (χ0v) is 14.9.